The maximum Gasteiger partial charge on any atom is 0.123 e. The van der Waals surface area contributed by atoms with Gasteiger partial charge in [-0.05, 0) is 18.4 Å². The molecule has 0 amide bonds. The van der Waals surface area contributed by atoms with Crippen LogP contribution in [0, 0.1) is 0 Å². The molecule has 2 nitrogen and oxygen atoms in total. The topological polar surface area (TPSA) is 38.9 Å². The molecule has 0 aromatic carbocycles. The Morgan fingerprint density at radius 3 is 2.83 bits per heavy atom. The van der Waals surface area contributed by atoms with E-state index in [4.69, 9.17) is 5.73 Å². The highest BCUT2D eigenvalue weighted by atomic mass is 32.2. The van der Waals surface area contributed by atoms with Gasteiger partial charge in [-0.3, -0.25) is 0 Å². The van der Waals surface area contributed by atoms with Crippen LogP contribution in [0.5, 0.6) is 0 Å². The Labute approximate surface area is 81.3 Å². The Kier molecular flexibility index (Phi) is 4.32. The normalized spacial score (nSPS) is 10.1. The number of aromatic nitrogens is 1. The van der Waals surface area contributed by atoms with Crippen molar-refractivity contribution < 1.29 is 0 Å². The van der Waals surface area contributed by atoms with E-state index in [0.29, 0.717) is 5.82 Å². The van der Waals surface area contributed by atoms with E-state index >= 15 is 0 Å². The molecule has 2 N–H and O–H groups in total. The van der Waals surface area contributed by atoms with E-state index in [9.17, 15) is 0 Å². The molecule has 1 heterocycles. The number of nitrogen functional groups attached to an aromatic ring is 1. The molecule has 0 saturated heterocycles. The van der Waals surface area contributed by atoms with Crippen molar-refractivity contribution >= 4 is 29.3 Å². The van der Waals surface area contributed by atoms with E-state index in [1.807, 2.05) is 41.9 Å². The first-order valence-electron chi connectivity index (χ1n) is 3.66. The summed E-state index contributed by atoms with van der Waals surface area (Å²) in [6, 6.07) is 3.84. The smallest absolute Gasteiger partial charge is 0.123 e. The number of anilines is 1. The zero-order valence-corrected chi connectivity index (χ0v) is 8.62. The summed E-state index contributed by atoms with van der Waals surface area (Å²) in [7, 11) is 0. The van der Waals surface area contributed by atoms with Gasteiger partial charge in [0.1, 0.15) is 5.82 Å². The lowest BCUT2D eigenvalue weighted by Gasteiger charge is -1.99. The molecule has 0 aliphatic rings. The van der Waals surface area contributed by atoms with Gasteiger partial charge in [0.25, 0.3) is 0 Å². The van der Waals surface area contributed by atoms with Crippen LogP contribution in [0.1, 0.15) is 0 Å². The lowest BCUT2D eigenvalue weighted by atomic mass is 10.5. The largest absolute Gasteiger partial charge is 0.384 e. The fourth-order valence-corrected chi connectivity index (χ4v) is 2.25. The Bertz CT molecular complexity index is 223. The minimum atomic E-state index is 0.587. The second-order valence-electron chi connectivity index (χ2n) is 2.26. The predicted octanol–water partition coefficient (Wildman–Crippen LogP) is 2.12. The summed E-state index contributed by atoms with van der Waals surface area (Å²) in [4.78, 5) is 5.20. The van der Waals surface area contributed by atoms with Crippen LogP contribution >= 0.6 is 23.5 Å². The van der Waals surface area contributed by atoms with Gasteiger partial charge < -0.3 is 5.73 Å². The Balaban J connectivity index is 2.37. The van der Waals surface area contributed by atoms with E-state index in [1.54, 1.807) is 0 Å². The average molecular weight is 200 g/mol. The molecule has 66 valence electrons. The number of nitrogens with zero attached hydrogens (tertiary/aromatic N) is 1. The van der Waals surface area contributed by atoms with E-state index in [2.05, 4.69) is 11.2 Å². The SMILES string of the molecule is CSCCSc1ccc(N)nc1. The fourth-order valence-electron chi connectivity index (χ4n) is 0.720. The average Bonchev–Trinajstić information content (AvgIpc) is 2.09. The lowest BCUT2D eigenvalue weighted by molar-refractivity contribution is 1.25. The summed E-state index contributed by atoms with van der Waals surface area (Å²) >= 11 is 3.67. The van der Waals surface area contributed by atoms with E-state index in [1.165, 1.54) is 10.6 Å². The monoisotopic (exact) mass is 200 g/mol. The molecule has 0 saturated carbocycles. The van der Waals surface area contributed by atoms with Crippen LogP contribution in [-0.2, 0) is 0 Å². The van der Waals surface area contributed by atoms with Crippen molar-refractivity contribution in [3.05, 3.63) is 18.3 Å². The third kappa shape index (κ3) is 3.36. The molecule has 1 aromatic heterocycles. The summed E-state index contributed by atoms with van der Waals surface area (Å²) in [6.07, 6.45) is 3.93. The van der Waals surface area contributed by atoms with E-state index in [-0.39, 0.29) is 0 Å². The number of hydrogen-bond donors (Lipinski definition) is 1. The molecule has 4 heteroatoms. The van der Waals surface area contributed by atoms with Crippen LogP contribution in [0.25, 0.3) is 0 Å². The quantitative estimate of drug-likeness (QED) is 0.597. The molecule has 0 fully saturated rings. The first-order chi connectivity index (χ1) is 5.83. The van der Waals surface area contributed by atoms with Gasteiger partial charge in [-0.25, -0.2) is 4.98 Å². The molecular formula is C8H12N2S2. The number of pyridine rings is 1. The molecule has 0 spiro atoms. The Morgan fingerprint density at radius 2 is 2.25 bits per heavy atom. The summed E-state index contributed by atoms with van der Waals surface area (Å²) in [5.74, 6) is 2.89. The van der Waals surface area contributed by atoms with Gasteiger partial charge in [0.15, 0.2) is 0 Å². The lowest BCUT2D eigenvalue weighted by Crippen LogP contribution is -1.89. The van der Waals surface area contributed by atoms with Crippen LogP contribution in [0.15, 0.2) is 23.2 Å². The molecular weight excluding hydrogens is 188 g/mol. The molecule has 0 aliphatic heterocycles. The van der Waals surface area contributed by atoms with Crippen LogP contribution < -0.4 is 5.73 Å². The summed E-state index contributed by atoms with van der Waals surface area (Å²) in [5.41, 5.74) is 5.46. The van der Waals surface area contributed by atoms with Crippen LogP contribution in [0.4, 0.5) is 5.82 Å². The summed E-state index contributed by atoms with van der Waals surface area (Å²) in [5, 5.41) is 0. The van der Waals surface area contributed by atoms with E-state index in [0.717, 1.165) is 5.75 Å². The Hall–Kier alpha value is -0.350. The summed E-state index contributed by atoms with van der Waals surface area (Å²) < 4.78 is 0. The minimum Gasteiger partial charge on any atom is -0.384 e. The van der Waals surface area contributed by atoms with Gasteiger partial charge in [0.05, 0.1) is 0 Å². The van der Waals surface area contributed by atoms with Gasteiger partial charge in [-0.2, -0.15) is 11.8 Å². The molecule has 0 atom stereocenters. The minimum absolute atomic E-state index is 0.587. The molecule has 1 rings (SSSR count). The van der Waals surface area contributed by atoms with Crippen LogP contribution in [-0.4, -0.2) is 22.7 Å². The maximum atomic E-state index is 5.46. The van der Waals surface area contributed by atoms with Crippen molar-refractivity contribution in [3.8, 4) is 0 Å². The number of rotatable bonds is 4. The summed E-state index contributed by atoms with van der Waals surface area (Å²) in [6.45, 7) is 0. The second-order valence-corrected chi connectivity index (χ2v) is 4.41. The first-order valence-corrected chi connectivity index (χ1v) is 6.04. The molecule has 0 bridgehead atoms. The molecule has 12 heavy (non-hydrogen) atoms. The molecule has 0 radical (unpaired) electrons. The molecule has 0 unspecified atom stereocenters. The zero-order valence-electron chi connectivity index (χ0n) is 6.99. The van der Waals surface area contributed by atoms with Crippen molar-refractivity contribution in [2.24, 2.45) is 0 Å². The predicted molar refractivity (Wildman–Crippen MR) is 57.8 cm³/mol. The van der Waals surface area contributed by atoms with Gasteiger partial charge >= 0.3 is 0 Å². The highest BCUT2D eigenvalue weighted by Crippen LogP contribution is 2.17. The van der Waals surface area contributed by atoms with Crippen molar-refractivity contribution in [2.75, 3.05) is 23.5 Å². The molecule has 1 aromatic rings. The van der Waals surface area contributed by atoms with Crippen molar-refractivity contribution in [2.45, 2.75) is 4.90 Å². The fraction of sp³-hybridized carbons (Fsp3) is 0.375. The van der Waals surface area contributed by atoms with Gasteiger partial charge in [0.2, 0.25) is 0 Å². The first kappa shape index (κ1) is 9.74. The Morgan fingerprint density at radius 1 is 1.42 bits per heavy atom. The van der Waals surface area contributed by atoms with Gasteiger partial charge in [-0.15, -0.1) is 11.8 Å². The van der Waals surface area contributed by atoms with Gasteiger partial charge in [0, 0.05) is 22.6 Å². The van der Waals surface area contributed by atoms with Crippen molar-refractivity contribution in [1.82, 2.24) is 4.98 Å². The van der Waals surface area contributed by atoms with Crippen LogP contribution in [0.2, 0.25) is 0 Å². The third-order valence-corrected chi connectivity index (χ3v) is 3.17. The highest BCUT2D eigenvalue weighted by Gasteiger charge is 1.93. The molecule has 0 aliphatic carbocycles. The number of hydrogen-bond acceptors (Lipinski definition) is 4. The van der Waals surface area contributed by atoms with Gasteiger partial charge in [-0.1, -0.05) is 0 Å². The zero-order chi connectivity index (χ0) is 8.81. The standard InChI is InChI=1S/C8H12N2S2/c1-11-4-5-12-7-2-3-8(9)10-6-7/h2-3,6H,4-5H2,1H3,(H2,9,10). The number of nitrogens with two attached hydrogens (primary N) is 1. The van der Waals surface area contributed by atoms with Crippen LogP contribution in [0.3, 0.4) is 0 Å². The van der Waals surface area contributed by atoms with E-state index < -0.39 is 0 Å². The maximum absolute atomic E-state index is 5.46. The third-order valence-electron chi connectivity index (χ3n) is 1.32. The second kappa shape index (κ2) is 5.32. The highest BCUT2D eigenvalue weighted by molar-refractivity contribution is 8.02. The van der Waals surface area contributed by atoms with Crippen molar-refractivity contribution in [1.29, 1.82) is 0 Å². The van der Waals surface area contributed by atoms with Crippen molar-refractivity contribution in [3.63, 3.8) is 0 Å². The number of thioether (sulfide) groups is 2.